The average Bonchev–Trinajstić information content (AvgIpc) is 3.01. The Hall–Kier alpha value is -1.82. The SMILES string of the molecule is CC(=O)N1CCC(CC(=O)N2CCC(C3c4ncc(Cl)cc4CCc4cc(Cl)cc(Cl)c43)CC2)CC1. The molecule has 5 rings (SSSR count). The molecule has 2 fully saturated rings. The number of halogens is 3. The van der Waals surface area contributed by atoms with Gasteiger partial charge in [-0.15, -0.1) is 0 Å². The molecular formula is C28H32Cl3N3O2. The molecule has 2 aliphatic heterocycles. The highest BCUT2D eigenvalue weighted by Crippen LogP contribution is 2.46. The van der Waals surface area contributed by atoms with Gasteiger partial charge in [0.1, 0.15) is 0 Å². The van der Waals surface area contributed by atoms with Crippen molar-refractivity contribution in [2.75, 3.05) is 26.2 Å². The summed E-state index contributed by atoms with van der Waals surface area (Å²) in [6, 6.07) is 5.92. The summed E-state index contributed by atoms with van der Waals surface area (Å²) < 4.78 is 0. The Morgan fingerprint density at radius 1 is 0.889 bits per heavy atom. The number of amides is 2. The maximum Gasteiger partial charge on any atom is 0.222 e. The van der Waals surface area contributed by atoms with Crippen LogP contribution in [0.5, 0.6) is 0 Å². The molecule has 0 spiro atoms. The zero-order valence-corrected chi connectivity index (χ0v) is 22.9. The maximum absolute atomic E-state index is 13.1. The molecule has 8 heteroatoms. The van der Waals surface area contributed by atoms with Crippen LogP contribution < -0.4 is 0 Å². The first-order valence-corrected chi connectivity index (χ1v) is 14.1. The van der Waals surface area contributed by atoms with E-state index in [1.165, 1.54) is 11.1 Å². The molecule has 1 atom stereocenters. The second-order valence-corrected chi connectivity index (χ2v) is 11.8. The predicted molar refractivity (Wildman–Crippen MR) is 144 cm³/mol. The molecule has 0 N–H and O–H groups in total. The van der Waals surface area contributed by atoms with Crippen LogP contribution in [0.1, 0.15) is 67.3 Å². The Kier molecular flexibility index (Phi) is 7.81. The highest BCUT2D eigenvalue weighted by molar-refractivity contribution is 6.35. The van der Waals surface area contributed by atoms with Gasteiger partial charge in [-0.2, -0.15) is 0 Å². The second kappa shape index (κ2) is 10.9. The lowest BCUT2D eigenvalue weighted by molar-refractivity contribution is -0.134. The van der Waals surface area contributed by atoms with Crippen LogP contribution in [-0.4, -0.2) is 52.8 Å². The first-order chi connectivity index (χ1) is 17.3. The first kappa shape index (κ1) is 25.8. The van der Waals surface area contributed by atoms with Gasteiger partial charge in [-0.1, -0.05) is 34.8 Å². The van der Waals surface area contributed by atoms with Gasteiger partial charge in [-0.3, -0.25) is 14.6 Å². The van der Waals surface area contributed by atoms with E-state index in [2.05, 4.69) is 0 Å². The predicted octanol–water partition coefficient (Wildman–Crippen LogP) is 6.16. The third-order valence-corrected chi connectivity index (χ3v) is 9.04. The molecule has 1 aromatic carbocycles. The lowest BCUT2D eigenvalue weighted by Gasteiger charge is -2.38. The Labute approximate surface area is 228 Å². The number of likely N-dealkylation sites (tertiary alicyclic amines) is 2. The summed E-state index contributed by atoms with van der Waals surface area (Å²) >= 11 is 19.5. The number of hydrogen-bond acceptors (Lipinski definition) is 3. The summed E-state index contributed by atoms with van der Waals surface area (Å²) in [6.45, 7) is 4.63. The number of pyridine rings is 1. The molecule has 1 unspecified atom stereocenters. The molecule has 2 saturated heterocycles. The van der Waals surface area contributed by atoms with E-state index in [1.54, 1.807) is 13.1 Å². The van der Waals surface area contributed by atoms with Crippen LogP contribution in [0.15, 0.2) is 24.4 Å². The summed E-state index contributed by atoms with van der Waals surface area (Å²) in [5, 5.41) is 2.00. The number of aromatic nitrogens is 1. The lowest BCUT2D eigenvalue weighted by Crippen LogP contribution is -2.42. The van der Waals surface area contributed by atoms with Crippen LogP contribution in [0.4, 0.5) is 0 Å². The number of nitrogens with zero attached hydrogens (tertiary/aromatic N) is 3. The highest BCUT2D eigenvalue weighted by Gasteiger charge is 2.36. The molecule has 5 nitrogen and oxygen atoms in total. The number of fused-ring (bicyclic) bond motifs is 2. The molecule has 36 heavy (non-hydrogen) atoms. The third kappa shape index (κ3) is 5.39. The third-order valence-electron chi connectivity index (χ3n) is 8.30. The maximum atomic E-state index is 13.1. The van der Waals surface area contributed by atoms with Gasteiger partial charge >= 0.3 is 0 Å². The van der Waals surface area contributed by atoms with Gasteiger partial charge in [0.05, 0.1) is 10.7 Å². The molecule has 2 aromatic rings. The van der Waals surface area contributed by atoms with Crippen LogP contribution in [-0.2, 0) is 22.4 Å². The number of rotatable bonds is 3. The summed E-state index contributed by atoms with van der Waals surface area (Å²) in [7, 11) is 0. The fraction of sp³-hybridized carbons (Fsp3) is 0.536. The number of benzene rings is 1. The van der Waals surface area contributed by atoms with Crippen LogP contribution in [0.2, 0.25) is 15.1 Å². The van der Waals surface area contributed by atoms with E-state index < -0.39 is 0 Å². The van der Waals surface area contributed by atoms with Gasteiger partial charge in [-0.25, -0.2) is 0 Å². The average molecular weight is 549 g/mol. The van der Waals surface area contributed by atoms with E-state index in [-0.39, 0.29) is 17.7 Å². The normalized spacial score (nSPS) is 21.1. The molecule has 0 bridgehead atoms. The lowest BCUT2D eigenvalue weighted by atomic mass is 9.76. The van der Waals surface area contributed by atoms with Crippen molar-refractivity contribution < 1.29 is 9.59 Å². The molecule has 3 aliphatic rings. The van der Waals surface area contributed by atoms with E-state index in [1.807, 2.05) is 28.0 Å². The molecule has 0 saturated carbocycles. The van der Waals surface area contributed by atoms with Gasteiger partial charge in [0, 0.05) is 61.7 Å². The molecule has 1 aliphatic carbocycles. The number of carbonyl (C=O) groups is 2. The van der Waals surface area contributed by atoms with Crippen molar-refractivity contribution in [3.63, 3.8) is 0 Å². The first-order valence-electron chi connectivity index (χ1n) is 13.0. The second-order valence-electron chi connectivity index (χ2n) is 10.5. The number of hydrogen-bond donors (Lipinski definition) is 0. The van der Waals surface area contributed by atoms with E-state index in [0.717, 1.165) is 76.0 Å². The minimum absolute atomic E-state index is 0.0627. The fourth-order valence-electron chi connectivity index (χ4n) is 6.34. The van der Waals surface area contributed by atoms with Gasteiger partial charge in [-0.05, 0) is 85.3 Å². The van der Waals surface area contributed by atoms with E-state index in [9.17, 15) is 9.59 Å². The minimum atomic E-state index is 0.0627. The summed E-state index contributed by atoms with van der Waals surface area (Å²) in [6.07, 6.45) is 7.64. The molecular weight excluding hydrogens is 517 g/mol. The Bertz CT molecular complexity index is 1150. The molecule has 2 amide bonds. The molecule has 192 valence electrons. The van der Waals surface area contributed by atoms with Crippen molar-refractivity contribution in [1.82, 2.24) is 14.8 Å². The highest BCUT2D eigenvalue weighted by atomic mass is 35.5. The van der Waals surface area contributed by atoms with E-state index in [0.29, 0.717) is 33.3 Å². The summed E-state index contributed by atoms with van der Waals surface area (Å²) in [4.78, 5) is 33.5. The van der Waals surface area contributed by atoms with E-state index >= 15 is 0 Å². The summed E-state index contributed by atoms with van der Waals surface area (Å²) in [5.74, 6) is 1.13. The Morgan fingerprint density at radius 3 is 2.22 bits per heavy atom. The van der Waals surface area contributed by atoms with Crippen LogP contribution in [0.25, 0.3) is 0 Å². The van der Waals surface area contributed by atoms with Gasteiger partial charge in [0.2, 0.25) is 11.8 Å². The van der Waals surface area contributed by atoms with Gasteiger partial charge in [0.15, 0.2) is 0 Å². The van der Waals surface area contributed by atoms with Crippen molar-refractivity contribution in [3.05, 3.63) is 61.8 Å². The number of carbonyl (C=O) groups excluding carboxylic acids is 2. The van der Waals surface area contributed by atoms with Crippen molar-refractivity contribution in [3.8, 4) is 0 Å². The van der Waals surface area contributed by atoms with Crippen LogP contribution in [0.3, 0.4) is 0 Å². The molecule has 3 heterocycles. The van der Waals surface area contributed by atoms with Crippen LogP contribution in [0, 0.1) is 11.8 Å². The molecule has 1 aromatic heterocycles. The smallest absolute Gasteiger partial charge is 0.222 e. The number of aryl methyl sites for hydroxylation is 2. The van der Waals surface area contributed by atoms with Gasteiger partial charge < -0.3 is 9.80 Å². The Morgan fingerprint density at radius 2 is 1.53 bits per heavy atom. The summed E-state index contributed by atoms with van der Waals surface area (Å²) in [5.41, 5.74) is 4.55. The van der Waals surface area contributed by atoms with Crippen molar-refractivity contribution in [2.45, 2.75) is 57.8 Å². The quantitative estimate of drug-likeness (QED) is 0.462. The fourth-order valence-corrected chi connectivity index (χ4v) is 7.17. The molecule has 0 radical (unpaired) electrons. The van der Waals surface area contributed by atoms with Crippen molar-refractivity contribution >= 4 is 46.6 Å². The zero-order valence-electron chi connectivity index (χ0n) is 20.6. The number of piperidine rings is 2. The van der Waals surface area contributed by atoms with Crippen molar-refractivity contribution in [2.24, 2.45) is 11.8 Å². The van der Waals surface area contributed by atoms with E-state index in [4.69, 9.17) is 39.8 Å². The Balaban J connectivity index is 1.31. The largest absolute Gasteiger partial charge is 0.343 e. The minimum Gasteiger partial charge on any atom is -0.343 e. The van der Waals surface area contributed by atoms with Crippen molar-refractivity contribution in [1.29, 1.82) is 0 Å². The topological polar surface area (TPSA) is 53.5 Å². The van der Waals surface area contributed by atoms with Gasteiger partial charge in [0.25, 0.3) is 0 Å². The van der Waals surface area contributed by atoms with Crippen LogP contribution >= 0.6 is 34.8 Å². The standard InChI is InChI=1S/C28H32Cl3N3O2/c1-17(35)33-8-4-18(5-9-33)12-25(36)34-10-6-19(7-11-34)27-26-20(13-22(29)15-24(26)31)2-3-21-14-23(30)16-32-28(21)27/h13-16,18-19,27H,2-12H2,1H3. The zero-order chi connectivity index (χ0) is 25.4. The monoisotopic (exact) mass is 547 g/mol.